The summed E-state index contributed by atoms with van der Waals surface area (Å²) in [6.07, 6.45) is 9.88. The molecule has 0 aromatic heterocycles. The summed E-state index contributed by atoms with van der Waals surface area (Å²) in [7, 11) is 0. The first-order valence-corrected chi connectivity index (χ1v) is 5.92. The summed E-state index contributed by atoms with van der Waals surface area (Å²) in [6.45, 7) is 1.17. The molecule has 0 radical (unpaired) electrons. The molecule has 1 aromatic carbocycles. The highest BCUT2D eigenvalue weighted by Gasteiger charge is 2.06. The Morgan fingerprint density at radius 3 is 2.80 bits per heavy atom. The fourth-order valence-electron chi connectivity index (χ4n) is 2.01. The molecule has 15 heavy (non-hydrogen) atoms. The summed E-state index contributed by atoms with van der Waals surface area (Å²) in [4.78, 5) is 0. The molecule has 1 fully saturated rings. The van der Waals surface area contributed by atoms with Crippen LogP contribution in [0.4, 0.5) is 0 Å². The lowest BCUT2D eigenvalue weighted by atomic mass is 10.1. The third-order valence-electron chi connectivity index (χ3n) is 2.92. The van der Waals surface area contributed by atoms with Crippen LogP contribution in [0.25, 0.3) is 6.08 Å². The highest BCUT2D eigenvalue weighted by Crippen LogP contribution is 2.11. The van der Waals surface area contributed by atoms with Gasteiger partial charge in [0.05, 0.1) is 0 Å². The Balaban J connectivity index is 1.92. The van der Waals surface area contributed by atoms with Crippen LogP contribution in [0.5, 0.6) is 0 Å². The number of benzene rings is 1. The zero-order valence-corrected chi connectivity index (χ0v) is 9.15. The molecule has 0 spiro atoms. The van der Waals surface area contributed by atoms with Gasteiger partial charge < -0.3 is 5.32 Å². The minimum absolute atomic E-state index is 0.577. The van der Waals surface area contributed by atoms with Crippen molar-refractivity contribution in [3.8, 4) is 0 Å². The maximum absolute atomic E-state index is 3.57. The minimum atomic E-state index is 0.577. The Morgan fingerprint density at radius 1 is 1.07 bits per heavy atom. The van der Waals surface area contributed by atoms with Gasteiger partial charge in [0.15, 0.2) is 0 Å². The molecule has 0 bridgehead atoms. The molecular weight excluding hydrogens is 182 g/mol. The molecule has 1 atom stereocenters. The van der Waals surface area contributed by atoms with Gasteiger partial charge in [-0.05, 0) is 24.9 Å². The maximum Gasteiger partial charge on any atom is 0.0253 e. The van der Waals surface area contributed by atoms with Gasteiger partial charge in [-0.2, -0.15) is 0 Å². The number of rotatable bonds is 2. The van der Waals surface area contributed by atoms with Gasteiger partial charge in [-0.25, -0.2) is 0 Å². The van der Waals surface area contributed by atoms with Crippen LogP contribution in [0.1, 0.15) is 31.2 Å². The second-order valence-corrected chi connectivity index (χ2v) is 4.18. The molecule has 1 aliphatic rings. The van der Waals surface area contributed by atoms with Gasteiger partial charge in [0.2, 0.25) is 0 Å². The van der Waals surface area contributed by atoms with Gasteiger partial charge in [0.1, 0.15) is 0 Å². The van der Waals surface area contributed by atoms with E-state index < -0.39 is 0 Å². The number of hydrogen-bond donors (Lipinski definition) is 1. The van der Waals surface area contributed by atoms with Crippen LogP contribution in [0.2, 0.25) is 0 Å². The zero-order valence-electron chi connectivity index (χ0n) is 9.15. The maximum atomic E-state index is 3.57. The topological polar surface area (TPSA) is 12.0 Å². The average molecular weight is 201 g/mol. The van der Waals surface area contributed by atoms with Gasteiger partial charge in [0.25, 0.3) is 0 Å². The van der Waals surface area contributed by atoms with Gasteiger partial charge in [0, 0.05) is 6.04 Å². The SMILES string of the molecule is C(=CC1CCCCCN1)c1ccccc1. The zero-order chi connectivity index (χ0) is 10.3. The fraction of sp³-hybridized carbons (Fsp3) is 0.429. The molecule has 1 heterocycles. The summed E-state index contributed by atoms with van der Waals surface area (Å²) in [5.74, 6) is 0. The van der Waals surface area contributed by atoms with Crippen LogP contribution in [0.15, 0.2) is 36.4 Å². The lowest BCUT2D eigenvalue weighted by Gasteiger charge is -2.09. The van der Waals surface area contributed by atoms with E-state index >= 15 is 0 Å². The molecule has 1 aromatic rings. The van der Waals surface area contributed by atoms with E-state index in [9.17, 15) is 0 Å². The van der Waals surface area contributed by atoms with Gasteiger partial charge in [-0.3, -0.25) is 0 Å². The van der Waals surface area contributed by atoms with Gasteiger partial charge in [-0.1, -0.05) is 55.3 Å². The lowest BCUT2D eigenvalue weighted by molar-refractivity contribution is 0.599. The molecule has 0 aliphatic carbocycles. The molecule has 1 heteroatoms. The standard InChI is InChI=1S/C14H19N/c1-3-7-13(8-4-1)10-11-14-9-5-2-6-12-15-14/h1,3-4,7-8,10-11,14-15H,2,5-6,9,12H2. The summed E-state index contributed by atoms with van der Waals surface area (Å²) in [5, 5.41) is 3.57. The molecule has 0 amide bonds. The van der Waals surface area contributed by atoms with Crippen molar-refractivity contribution < 1.29 is 0 Å². The van der Waals surface area contributed by atoms with Crippen molar-refractivity contribution in [3.63, 3.8) is 0 Å². The molecule has 2 rings (SSSR count). The first-order chi connectivity index (χ1) is 7.45. The van der Waals surface area contributed by atoms with Crippen LogP contribution in [0, 0.1) is 0 Å². The van der Waals surface area contributed by atoms with E-state index in [2.05, 4.69) is 47.8 Å². The second-order valence-electron chi connectivity index (χ2n) is 4.18. The third kappa shape index (κ3) is 3.52. The largest absolute Gasteiger partial charge is 0.311 e. The molecule has 80 valence electrons. The molecule has 1 saturated heterocycles. The van der Waals surface area contributed by atoms with Crippen LogP contribution in [-0.2, 0) is 0 Å². The molecule has 1 nitrogen and oxygen atoms in total. The van der Waals surface area contributed by atoms with Crippen molar-refractivity contribution in [2.24, 2.45) is 0 Å². The highest BCUT2D eigenvalue weighted by atomic mass is 14.9. The van der Waals surface area contributed by atoms with Crippen molar-refractivity contribution in [2.45, 2.75) is 31.7 Å². The van der Waals surface area contributed by atoms with Crippen LogP contribution < -0.4 is 5.32 Å². The summed E-state index contributed by atoms with van der Waals surface area (Å²) in [5.41, 5.74) is 1.29. The smallest absolute Gasteiger partial charge is 0.0253 e. The van der Waals surface area contributed by atoms with Crippen molar-refractivity contribution in [2.75, 3.05) is 6.54 Å². The van der Waals surface area contributed by atoms with Crippen molar-refractivity contribution in [3.05, 3.63) is 42.0 Å². The Hall–Kier alpha value is -1.08. The number of nitrogens with one attached hydrogen (secondary N) is 1. The quantitative estimate of drug-likeness (QED) is 0.774. The normalized spacial score (nSPS) is 22.8. The summed E-state index contributed by atoms with van der Waals surface area (Å²) in [6, 6.07) is 11.1. The second kappa shape index (κ2) is 5.72. The van der Waals surface area contributed by atoms with Gasteiger partial charge >= 0.3 is 0 Å². The molecule has 1 unspecified atom stereocenters. The molecule has 1 N–H and O–H groups in total. The molecular formula is C14H19N. The summed E-state index contributed by atoms with van der Waals surface area (Å²) >= 11 is 0. The highest BCUT2D eigenvalue weighted by molar-refractivity contribution is 5.49. The average Bonchev–Trinajstić information content (AvgIpc) is 2.56. The van der Waals surface area contributed by atoms with E-state index in [4.69, 9.17) is 0 Å². The Bertz CT molecular complexity index is 294. The number of hydrogen-bond acceptors (Lipinski definition) is 1. The lowest BCUT2D eigenvalue weighted by Crippen LogP contribution is -2.25. The Kier molecular flexibility index (Phi) is 3.98. The van der Waals surface area contributed by atoms with Crippen molar-refractivity contribution in [1.82, 2.24) is 5.32 Å². The van der Waals surface area contributed by atoms with Crippen LogP contribution >= 0.6 is 0 Å². The predicted molar refractivity (Wildman–Crippen MR) is 65.7 cm³/mol. The third-order valence-corrected chi connectivity index (χ3v) is 2.92. The first kappa shape index (κ1) is 10.4. The Labute approximate surface area is 92.2 Å². The minimum Gasteiger partial charge on any atom is -0.311 e. The predicted octanol–water partition coefficient (Wildman–Crippen LogP) is 3.23. The fourth-order valence-corrected chi connectivity index (χ4v) is 2.01. The first-order valence-electron chi connectivity index (χ1n) is 5.92. The van der Waals surface area contributed by atoms with Crippen molar-refractivity contribution >= 4 is 6.08 Å². The monoisotopic (exact) mass is 201 g/mol. The van der Waals surface area contributed by atoms with E-state index in [1.807, 2.05) is 0 Å². The van der Waals surface area contributed by atoms with Gasteiger partial charge in [-0.15, -0.1) is 0 Å². The van der Waals surface area contributed by atoms with Crippen molar-refractivity contribution in [1.29, 1.82) is 0 Å². The van der Waals surface area contributed by atoms with E-state index in [0.717, 1.165) is 0 Å². The molecule has 0 saturated carbocycles. The van der Waals surface area contributed by atoms with E-state index in [-0.39, 0.29) is 0 Å². The van der Waals surface area contributed by atoms with E-state index in [0.29, 0.717) is 6.04 Å². The van der Waals surface area contributed by atoms with Crippen LogP contribution in [0.3, 0.4) is 0 Å². The molecule has 1 aliphatic heterocycles. The Morgan fingerprint density at radius 2 is 1.93 bits per heavy atom. The summed E-state index contributed by atoms with van der Waals surface area (Å²) < 4.78 is 0. The van der Waals surface area contributed by atoms with E-state index in [1.54, 1.807) is 0 Å². The van der Waals surface area contributed by atoms with Crippen LogP contribution in [-0.4, -0.2) is 12.6 Å². The van der Waals surface area contributed by atoms with E-state index in [1.165, 1.54) is 37.8 Å².